The average Bonchev–Trinajstić information content (AvgIpc) is 2.85. The van der Waals surface area contributed by atoms with Crippen molar-refractivity contribution in [2.75, 3.05) is 13.2 Å². The molecular formula is C27H29ClN2O3. The highest BCUT2D eigenvalue weighted by Gasteiger charge is 2.30. The Bertz CT molecular complexity index is 1010. The zero-order valence-electron chi connectivity index (χ0n) is 18.7. The van der Waals surface area contributed by atoms with Crippen LogP contribution in [0.25, 0.3) is 0 Å². The lowest BCUT2D eigenvalue weighted by atomic mass is 10.0. The van der Waals surface area contributed by atoms with Gasteiger partial charge in [0, 0.05) is 24.5 Å². The van der Waals surface area contributed by atoms with E-state index in [1.807, 2.05) is 67.6 Å². The average molecular weight is 465 g/mol. The van der Waals surface area contributed by atoms with Crippen LogP contribution in [0.2, 0.25) is 5.02 Å². The monoisotopic (exact) mass is 464 g/mol. The van der Waals surface area contributed by atoms with Gasteiger partial charge in [-0.2, -0.15) is 0 Å². The third-order valence-corrected chi connectivity index (χ3v) is 5.44. The fraction of sp³-hybridized carbons (Fsp3) is 0.259. The van der Waals surface area contributed by atoms with Crippen molar-refractivity contribution in [1.29, 1.82) is 0 Å². The van der Waals surface area contributed by atoms with Crippen LogP contribution in [0.3, 0.4) is 0 Å². The van der Waals surface area contributed by atoms with Gasteiger partial charge in [0.1, 0.15) is 11.8 Å². The number of para-hydroxylation sites is 1. The van der Waals surface area contributed by atoms with Crippen molar-refractivity contribution in [2.24, 2.45) is 0 Å². The number of carbonyl (C=O) groups excluding carboxylic acids is 2. The molecule has 1 atom stereocenters. The molecule has 1 N–H and O–H groups in total. The van der Waals surface area contributed by atoms with Gasteiger partial charge in [0.2, 0.25) is 5.91 Å². The number of carbonyl (C=O) groups is 2. The zero-order valence-corrected chi connectivity index (χ0v) is 19.5. The molecule has 0 fully saturated rings. The lowest BCUT2D eigenvalue weighted by molar-refractivity contribution is -0.142. The Balaban J connectivity index is 1.87. The molecule has 33 heavy (non-hydrogen) atoms. The van der Waals surface area contributed by atoms with Crippen molar-refractivity contribution < 1.29 is 14.3 Å². The number of halogens is 1. The van der Waals surface area contributed by atoms with Crippen molar-refractivity contribution in [2.45, 2.75) is 32.4 Å². The molecule has 0 bridgehead atoms. The molecule has 0 heterocycles. The predicted molar refractivity (Wildman–Crippen MR) is 131 cm³/mol. The number of hydrogen-bond donors (Lipinski definition) is 1. The standard InChI is InChI=1S/C27H29ClN2O3/c1-2-17-29-27(32)25(18-21-9-5-3-6-10-21)30(19-22-13-15-23(28)16-14-22)26(31)20-33-24-11-7-4-8-12-24/h3-16,25H,2,17-20H2,1H3,(H,29,32). The first-order valence-corrected chi connectivity index (χ1v) is 11.5. The van der Waals surface area contributed by atoms with Gasteiger partial charge in [-0.05, 0) is 41.8 Å². The molecule has 172 valence electrons. The summed E-state index contributed by atoms with van der Waals surface area (Å²) in [6.45, 7) is 2.65. The van der Waals surface area contributed by atoms with Crippen LogP contribution in [-0.2, 0) is 22.6 Å². The molecule has 0 saturated heterocycles. The number of ether oxygens (including phenoxy) is 1. The number of nitrogens with one attached hydrogen (secondary N) is 1. The third-order valence-electron chi connectivity index (χ3n) is 5.19. The second kappa shape index (κ2) is 12.7. The summed E-state index contributed by atoms with van der Waals surface area (Å²) in [6.07, 6.45) is 1.22. The molecule has 6 heteroatoms. The minimum absolute atomic E-state index is 0.163. The van der Waals surface area contributed by atoms with Gasteiger partial charge in [-0.3, -0.25) is 9.59 Å². The minimum atomic E-state index is -0.679. The van der Waals surface area contributed by atoms with E-state index in [1.165, 1.54) is 0 Å². The van der Waals surface area contributed by atoms with E-state index in [2.05, 4.69) is 5.32 Å². The van der Waals surface area contributed by atoms with Crippen molar-refractivity contribution in [3.8, 4) is 5.75 Å². The van der Waals surface area contributed by atoms with Gasteiger partial charge in [0.15, 0.2) is 6.61 Å². The Morgan fingerprint density at radius 3 is 2.18 bits per heavy atom. The number of nitrogens with zero attached hydrogens (tertiary/aromatic N) is 1. The normalized spacial score (nSPS) is 11.5. The number of rotatable bonds is 11. The first-order chi connectivity index (χ1) is 16.1. The molecule has 0 aliphatic heterocycles. The largest absolute Gasteiger partial charge is 0.484 e. The maximum atomic E-state index is 13.4. The van der Waals surface area contributed by atoms with Crippen LogP contribution in [0, 0.1) is 0 Å². The summed E-state index contributed by atoms with van der Waals surface area (Å²) in [5, 5.41) is 3.58. The molecule has 3 aromatic rings. The molecule has 0 aromatic heterocycles. The maximum Gasteiger partial charge on any atom is 0.261 e. The lowest BCUT2D eigenvalue weighted by Gasteiger charge is -2.31. The lowest BCUT2D eigenvalue weighted by Crippen LogP contribution is -2.51. The quantitative estimate of drug-likeness (QED) is 0.439. The zero-order chi connectivity index (χ0) is 23.5. The predicted octanol–water partition coefficient (Wildman–Crippen LogP) is 4.89. The van der Waals surface area contributed by atoms with Crippen LogP contribution in [0.5, 0.6) is 5.75 Å². The smallest absolute Gasteiger partial charge is 0.261 e. The third kappa shape index (κ3) is 7.65. The number of hydrogen-bond acceptors (Lipinski definition) is 3. The topological polar surface area (TPSA) is 58.6 Å². The first kappa shape index (κ1) is 24.3. The van der Waals surface area contributed by atoms with E-state index in [0.717, 1.165) is 17.5 Å². The van der Waals surface area contributed by atoms with Crippen LogP contribution in [0.4, 0.5) is 0 Å². The van der Waals surface area contributed by atoms with Gasteiger partial charge in [0.25, 0.3) is 5.91 Å². The minimum Gasteiger partial charge on any atom is -0.484 e. The molecule has 0 aliphatic carbocycles. The Morgan fingerprint density at radius 2 is 1.55 bits per heavy atom. The fourth-order valence-electron chi connectivity index (χ4n) is 3.45. The van der Waals surface area contributed by atoms with Crippen LogP contribution in [-0.4, -0.2) is 35.9 Å². The second-order valence-electron chi connectivity index (χ2n) is 7.75. The SMILES string of the molecule is CCCNC(=O)C(Cc1ccccc1)N(Cc1ccc(Cl)cc1)C(=O)COc1ccccc1. The summed E-state index contributed by atoms with van der Waals surface area (Å²) >= 11 is 6.04. The Labute approximate surface area is 200 Å². The van der Waals surface area contributed by atoms with E-state index in [0.29, 0.717) is 23.7 Å². The van der Waals surface area contributed by atoms with Gasteiger partial charge >= 0.3 is 0 Å². The summed E-state index contributed by atoms with van der Waals surface area (Å²) in [5.74, 6) is 0.163. The molecule has 1 unspecified atom stereocenters. The highest BCUT2D eigenvalue weighted by molar-refractivity contribution is 6.30. The van der Waals surface area contributed by atoms with E-state index >= 15 is 0 Å². The Morgan fingerprint density at radius 1 is 0.909 bits per heavy atom. The molecule has 0 radical (unpaired) electrons. The molecule has 3 rings (SSSR count). The van der Waals surface area contributed by atoms with Crippen LogP contribution < -0.4 is 10.1 Å². The molecule has 0 saturated carbocycles. The van der Waals surface area contributed by atoms with E-state index in [9.17, 15) is 9.59 Å². The highest BCUT2D eigenvalue weighted by Crippen LogP contribution is 2.17. The molecule has 5 nitrogen and oxygen atoms in total. The van der Waals surface area contributed by atoms with Gasteiger partial charge in [-0.1, -0.05) is 79.2 Å². The van der Waals surface area contributed by atoms with Gasteiger partial charge in [0.05, 0.1) is 0 Å². The first-order valence-electron chi connectivity index (χ1n) is 11.1. The summed E-state index contributed by atoms with van der Waals surface area (Å²) in [4.78, 5) is 28.2. The maximum absolute atomic E-state index is 13.4. The van der Waals surface area contributed by atoms with E-state index in [4.69, 9.17) is 16.3 Å². The van der Waals surface area contributed by atoms with Gasteiger partial charge in [-0.25, -0.2) is 0 Å². The van der Waals surface area contributed by atoms with E-state index in [1.54, 1.807) is 29.2 Å². The Hall–Kier alpha value is -3.31. The van der Waals surface area contributed by atoms with Crippen molar-refractivity contribution in [1.82, 2.24) is 10.2 Å². The van der Waals surface area contributed by atoms with Crippen LogP contribution in [0.1, 0.15) is 24.5 Å². The van der Waals surface area contributed by atoms with E-state index in [-0.39, 0.29) is 25.0 Å². The molecule has 2 amide bonds. The van der Waals surface area contributed by atoms with Gasteiger partial charge in [-0.15, -0.1) is 0 Å². The van der Waals surface area contributed by atoms with Crippen molar-refractivity contribution in [3.63, 3.8) is 0 Å². The van der Waals surface area contributed by atoms with E-state index < -0.39 is 6.04 Å². The van der Waals surface area contributed by atoms with Crippen molar-refractivity contribution in [3.05, 3.63) is 101 Å². The van der Waals surface area contributed by atoms with Crippen LogP contribution >= 0.6 is 11.6 Å². The summed E-state index contributed by atoms with van der Waals surface area (Å²) in [6, 6.07) is 25.5. The summed E-state index contributed by atoms with van der Waals surface area (Å²) in [5.41, 5.74) is 1.86. The number of benzene rings is 3. The summed E-state index contributed by atoms with van der Waals surface area (Å²) < 4.78 is 5.72. The van der Waals surface area contributed by atoms with Crippen LogP contribution in [0.15, 0.2) is 84.9 Å². The summed E-state index contributed by atoms with van der Waals surface area (Å²) in [7, 11) is 0. The fourth-order valence-corrected chi connectivity index (χ4v) is 3.58. The highest BCUT2D eigenvalue weighted by atomic mass is 35.5. The molecule has 3 aromatic carbocycles. The second-order valence-corrected chi connectivity index (χ2v) is 8.18. The molecule has 0 aliphatic rings. The Kier molecular flexibility index (Phi) is 9.33. The molecule has 0 spiro atoms. The number of amides is 2. The van der Waals surface area contributed by atoms with Crippen molar-refractivity contribution >= 4 is 23.4 Å². The van der Waals surface area contributed by atoms with Gasteiger partial charge < -0.3 is 15.0 Å². The molecular weight excluding hydrogens is 436 g/mol.